The molecule has 3 atom stereocenters. The first-order valence-corrected chi connectivity index (χ1v) is 8.43. The molecule has 0 saturated heterocycles. The van der Waals surface area contributed by atoms with Gasteiger partial charge in [-0.1, -0.05) is 44.2 Å². The topological polar surface area (TPSA) is 17.1 Å². The van der Waals surface area contributed by atoms with E-state index in [0.29, 0.717) is 23.5 Å². The molecule has 1 fully saturated rings. The lowest BCUT2D eigenvalue weighted by molar-refractivity contribution is -0.126. The normalized spacial score (nSPS) is 33.2. The van der Waals surface area contributed by atoms with Gasteiger partial charge in [-0.3, -0.25) is 4.79 Å². The predicted molar refractivity (Wildman–Crippen MR) is 85.3 cm³/mol. The molecule has 0 aromatic heterocycles. The number of hydrogen-bond donors (Lipinski definition) is 0. The maximum absolute atomic E-state index is 12.8. The van der Waals surface area contributed by atoms with Crippen molar-refractivity contribution in [2.24, 2.45) is 17.8 Å². The molecule has 1 heteroatoms. The van der Waals surface area contributed by atoms with E-state index in [4.69, 9.17) is 0 Å². The average Bonchev–Trinajstić information content (AvgIpc) is 3.04. The number of rotatable bonds is 2. The Kier molecular flexibility index (Phi) is 2.89. The lowest BCUT2D eigenvalue weighted by atomic mass is 9.62. The van der Waals surface area contributed by atoms with Crippen molar-refractivity contribution in [3.05, 3.63) is 47.0 Å². The summed E-state index contributed by atoms with van der Waals surface area (Å²) in [6.45, 7) is 4.54. The fourth-order valence-electron chi connectivity index (χ4n) is 5.00. The predicted octanol–water partition coefficient (Wildman–Crippen LogP) is 4.23. The maximum atomic E-state index is 12.8. The first-order chi connectivity index (χ1) is 10.1. The first kappa shape index (κ1) is 13.3. The van der Waals surface area contributed by atoms with Gasteiger partial charge in [0.1, 0.15) is 5.78 Å². The van der Waals surface area contributed by atoms with E-state index in [2.05, 4.69) is 44.2 Å². The summed E-state index contributed by atoms with van der Waals surface area (Å²) in [6.07, 6.45) is 9.74. The minimum absolute atomic E-state index is 0.163. The molecular weight excluding hydrogens is 256 g/mol. The Hall–Kier alpha value is -1.37. The highest BCUT2D eigenvalue weighted by Crippen LogP contribution is 2.56. The number of carbonyl (C=O) groups excluding carboxylic acids is 1. The highest BCUT2D eigenvalue weighted by molar-refractivity contribution is 5.94. The lowest BCUT2D eigenvalue weighted by Gasteiger charge is -2.39. The zero-order valence-electron chi connectivity index (χ0n) is 13.1. The molecule has 1 spiro atoms. The Morgan fingerprint density at radius 2 is 2.10 bits per heavy atom. The van der Waals surface area contributed by atoms with E-state index in [-0.39, 0.29) is 5.41 Å². The van der Waals surface area contributed by atoms with Crippen molar-refractivity contribution in [1.29, 1.82) is 0 Å². The van der Waals surface area contributed by atoms with Gasteiger partial charge in [-0.25, -0.2) is 0 Å². The average molecular weight is 280 g/mol. The number of aryl methyl sites for hydroxylation is 1. The zero-order valence-corrected chi connectivity index (χ0v) is 13.1. The third-order valence-corrected chi connectivity index (χ3v) is 5.80. The van der Waals surface area contributed by atoms with Crippen LogP contribution in [0, 0.1) is 17.8 Å². The van der Waals surface area contributed by atoms with Crippen LogP contribution in [-0.2, 0) is 23.1 Å². The molecule has 110 valence electrons. The number of hydrogen-bond acceptors (Lipinski definition) is 1. The summed E-state index contributed by atoms with van der Waals surface area (Å²) in [6, 6.07) is 6.95. The van der Waals surface area contributed by atoms with Gasteiger partial charge in [-0.05, 0) is 60.1 Å². The van der Waals surface area contributed by atoms with Gasteiger partial charge in [0, 0.05) is 6.42 Å². The van der Waals surface area contributed by atoms with Crippen LogP contribution in [0.5, 0.6) is 0 Å². The van der Waals surface area contributed by atoms with E-state index in [0.717, 1.165) is 25.7 Å². The van der Waals surface area contributed by atoms with Crippen LogP contribution in [0.3, 0.4) is 0 Å². The second kappa shape index (κ2) is 4.56. The van der Waals surface area contributed by atoms with E-state index in [1.165, 1.54) is 23.1 Å². The number of allylic oxidation sites excluding steroid dienone is 2. The van der Waals surface area contributed by atoms with E-state index >= 15 is 0 Å². The van der Waals surface area contributed by atoms with E-state index < -0.39 is 0 Å². The van der Waals surface area contributed by atoms with Gasteiger partial charge < -0.3 is 0 Å². The Morgan fingerprint density at radius 1 is 1.24 bits per heavy atom. The smallest absolute Gasteiger partial charge is 0.144 e. The van der Waals surface area contributed by atoms with Gasteiger partial charge in [0.15, 0.2) is 0 Å². The lowest BCUT2D eigenvalue weighted by Crippen LogP contribution is -2.43. The monoisotopic (exact) mass is 280 g/mol. The van der Waals surface area contributed by atoms with Crippen LogP contribution >= 0.6 is 0 Å². The highest BCUT2D eigenvalue weighted by atomic mass is 16.1. The maximum Gasteiger partial charge on any atom is 0.144 e. The van der Waals surface area contributed by atoms with Gasteiger partial charge in [-0.15, -0.1) is 0 Å². The van der Waals surface area contributed by atoms with E-state index in [9.17, 15) is 4.79 Å². The van der Waals surface area contributed by atoms with Crippen LogP contribution in [0.15, 0.2) is 30.4 Å². The summed E-state index contributed by atoms with van der Waals surface area (Å²) in [5.41, 5.74) is 4.09. The number of ketones is 1. The minimum Gasteiger partial charge on any atom is -0.299 e. The van der Waals surface area contributed by atoms with Gasteiger partial charge in [-0.2, -0.15) is 0 Å². The Bertz CT molecular complexity index is 625. The number of benzene rings is 1. The van der Waals surface area contributed by atoms with E-state index in [1.54, 1.807) is 0 Å². The Balaban J connectivity index is 1.79. The quantitative estimate of drug-likeness (QED) is 0.741. The molecule has 3 aliphatic carbocycles. The molecule has 0 heterocycles. The van der Waals surface area contributed by atoms with Gasteiger partial charge in [0.05, 0.1) is 5.41 Å². The summed E-state index contributed by atoms with van der Waals surface area (Å²) >= 11 is 0. The minimum atomic E-state index is -0.163. The van der Waals surface area contributed by atoms with Crippen molar-refractivity contribution >= 4 is 5.78 Å². The molecule has 1 aromatic carbocycles. The summed E-state index contributed by atoms with van der Waals surface area (Å²) in [5, 5.41) is 0. The van der Waals surface area contributed by atoms with Crippen molar-refractivity contribution in [2.75, 3.05) is 0 Å². The molecule has 3 aliphatic rings. The molecule has 1 saturated carbocycles. The van der Waals surface area contributed by atoms with Crippen LogP contribution in [0.2, 0.25) is 0 Å². The molecule has 0 aliphatic heterocycles. The largest absolute Gasteiger partial charge is 0.299 e. The summed E-state index contributed by atoms with van der Waals surface area (Å²) < 4.78 is 0. The van der Waals surface area contributed by atoms with Gasteiger partial charge in [0.25, 0.3) is 0 Å². The molecule has 1 aromatic rings. The molecule has 0 amide bonds. The second-order valence-corrected chi connectivity index (χ2v) is 7.68. The van der Waals surface area contributed by atoms with Crippen molar-refractivity contribution in [3.63, 3.8) is 0 Å². The Labute approximate surface area is 127 Å². The molecule has 0 radical (unpaired) electrons. The number of Topliss-reactive ketones (excluding diaryl/α,β-unsaturated/α-hetero) is 1. The molecular formula is C20H24O. The van der Waals surface area contributed by atoms with Crippen LogP contribution in [0.1, 0.15) is 49.8 Å². The van der Waals surface area contributed by atoms with Gasteiger partial charge >= 0.3 is 0 Å². The second-order valence-electron chi connectivity index (χ2n) is 7.68. The van der Waals surface area contributed by atoms with Crippen molar-refractivity contribution in [3.8, 4) is 0 Å². The fourth-order valence-corrected chi connectivity index (χ4v) is 5.00. The molecule has 2 bridgehead atoms. The molecule has 0 N–H and O–H groups in total. The standard InChI is InChI=1S/C20H24O/c1-13(2)9-14-4-7-18-16(10-14)5-8-19(21)20(18)12-15-3-6-17(20)11-15/h3-4,6-7,10,13,15,17H,5,8-9,11-12H2,1-2H3. The fraction of sp³-hybridized carbons (Fsp3) is 0.550. The highest BCUT2D eigenvalue weighted by Gasteiger charge is 2.55. The summed E-state index contributed by atoms with van der Waals surface area (Å²) in [4.78, 5) is 12.8. The van der Waals surface area contributed by atoms with Gasteiger partial charge in [0.2, 0.25) is 0 Å². The first-order valence-electron chi connectivity index (χ1n) is 8.43. The Morgan fingerprint density at radius 3 is 2.76 bits per heavy atom. The van der Waals surface area contributed by atoms with Crippen LogP contribution in [0.25, 0.3) is 0 Å². The van der Waals surface area contributed by atoms with Crippen molar-refractivity contribution in [1.82, 2.24) is 0 Å². The van der Waals surface area contributed by atoms with Crippen molar-refractivity contribution < 1.29 is 4.79 Å². The van der Waals surface area contributed by atoms with Crippen LogP contribution < -0.4 is 0 Å². The zero-order chi connectivity index (χ0) is 14.6. The number of carbonyl (C=O) groups is 1. The summed E-state index contributed by atoms with van der Waals surface area (Å²) in [7, 11) is 0. The van der Waals surface area contributed by atoms with Crippen molar-refractivity contribution in [2.45, 2.75) is 51.4 Å². The molecule has 3 unspecified atom stereocenters. The van der Waals surface area contributed by atoms with Crippen LogP contribution in [-0.4, -0.2) is 5.78 Å². The molecule has 4 rings (SSSR count). The third kappa shape index (κ3) is 1.86. The third-order valence-electron chi connectivity index (χ3n) is 5.80. The number of fused-ring (bicyclic) bond motifs is 5. The molecule has 21 heavy (non-hydrogen) atoms. The van der Waals surface area contributed by atoms with Crippen LogP contribution in [0.4, 0.5) is 0 Å². The summed E-state index contributed by atoms with van der Waals surface area (Å²) in [5.74, 6) is 2.29. The molecule has 1 nitrogen and oxygen atoms in total. The van der Waals surface area contributed by atoms with E-state index in [1.807, 2.05) is 0 Å². The SMILES string of the molecule is CC(C)Cc1ccc2c(c1)CCC(=O)C21CC2C=CC1C2.